The van der Waals surface area contributed by atoms with E-state index in [-0.39, 0.29) is 0 Å². The Morgan fingerprint density at radius 3 is 2.60 bits per heavy atom. The molecule has 0 bridgehead atoms. The maximum Gasteiger partial charge on any atom is 0.132 e. The zero-order valence-electron chi connectivity index (χ0n) is 12.3. The van der Waals surface area contributed by atoms with Crippen molar-refractivity contribution in [1.82, 2.24) is 14.3 Å². The van der Waals surface area contributed by atoms with Crippen molar-refractivity contribution in [2.75, 3.05) is 39.1 Å². The van der Waals surface area contributed by atoms with Crippen LogP contribution in [0.15, 0.2) is 22.8 Å². The lowest BCUT2D eigenvalue weighted by molar-refractivity contribution is 0.251. The van der Waals surface area contributed by atoms with E-state index in [4.69, 9.17) is 4.98 Å². The van der Waals surface area contributed by atoms with Crippen LogP contribution in [0.4, 0.5) is 5.82 Å². The zero-order valence-corrected chi connectivity index (χ0v) is 13.9. The first kappa shape index (κ1) is 13.9. The predicted octanol–water partition coefficient (Wildman–Crippen LogP) is 2.97. The highest BCUT2D eigenvalue weighted by Gasteiger charge is 2.24. The third kappa shape index (κ3) is 2.33. The van der Waals surface area contributed by atoms with Gasteiger partial charge < -0.3 is 9.80 Å². The molecule has 0 spiro atoms. The number of imidazole rings is 1. The molecular formula is C15H21BrN4. The normalized spacial score (nSPS) is 17.8. The number of rotatable bonds is 2. The number of hydrogen-bond acceptors (Lipinski definition) is 3. The minimum Gasteiger partial charge on any atom is -0.364 e. The van der Waals surface area contributed by atoms with E-state index < -0.39 is 0 Å². The lowest BCUT2D eigenvalue weighted by Gasteiger charge is -2.29. The summed E-state index contributed by atoms with van der Waals surface area (Å²) in [5.74, 6) is 2.94. The Morgan fingerprint density at radius 1 is 1.25 bits per heavy atom. The molecule has 4 nitrogen and oxygen atoms in total. The third-order valence-corrected chi connectivity index (χ3v) is 4.75. The van der Waals surface area contributed by atoms with E-state index in [0.717, 1.165) is 23.2 Å². The van der Waals surface area contributed by atoms with Crippen molar-refractivity contribution < 1.29 is 0 Å². The maximum atomic E-state index is 4.82. The van der Waals surface area contributed by atoms with Crippen LogP contribution in [0.5, 0.6) is 0 Å². The number of pyridine rings is 1. The number of aromatic nitrogens is 2. The molecule has 0 radical (unpaired) electrons. The average Bonchev–Trinajstić information content (AvgIpc) is 2.77. The topological polar surface area (TPSA) is 23.8 Å². The molecular weight excluding hydrogens is 316 g/mol. The fourth-order valence-electron chi connectivity index (χ4n) is 3.00. The maximum absolute atomic E-state index is 4.82. The molecule has 108 valence electrons. The Balaban J connectivity index is 2.11. The fraction of sp³-hybridized carbons (Fsp3) is 0.533. The molecule has 1 aliphatic rings. The van der Waals surface area contributed by atoms with E-state index in [1.54, 1.807) is 0 Å². The summed E-state index contributed by atoms with van der Waals surface area (Å²) in [6.07, 6.45) is 2.37. The van der Waals surface area contributed by atoms with Crippen LogP contribution in [-0.2, 0) is 0 Å². The minimum absolute atomic E-state index is 0.547. The molecule has 0 aromatic carbocycles. The van der Waals surface area contributed by atoms with Crippen LogP contribution >= 0.6 is 15.9 Å². The van der Waals surface area contributed by atoms with Crippen LogP contribution in [-0.4, -0.2) is 48.5 Å². The summed E-state index contributed by atoms with van der Waals surface area (Å²) < 4.78 is 3.26. The highest BCUT2D eigenvalue weighted by atomic mass is 79.9. The molecule has 0 N–H and O–H groups in total. The highest BCUT2D eigenvalue weighted by Crippen LogP contribution is 2.33. The van der Waals surface area contributed by atoms with Gasteiger partial charge in [0, 0.05) is 20.0 Å². The fourth-order valence-corrected chi connectivity index (χ4v) is 3.49. The number of halogens is 1. The zero-order chi connectivity index (χ0) is 14.3. The van der Waals surface area contributed by atoms with Crippen molar-refractivity contribution in [3.63, 3.8) is 0 Å². The van der Waals surface area contributed by atoms with Gasteiger partial charge in [-0.15, -0.1) is 0 Å². The number of hydrogen-bond donors (Lipinski definition) is 0. The SMILES string of the molecule is CN1CCC(c2nc(Br)c3cccc(N(C)C)n23)CC1. The molecule has 3 rings (SSSR count). The van der Waals surface area contributed by atoms with Gasteiger partial charge in [-0.05, 0) is 61.0 Å². The molecule has 3 heterocycles. The first-order valence-electron chi connectivity index (χ1n) is 7.10. The van der Waals surface area contributed by atoms with Gasteiger partial charge in [0.1, 0.15) is 16.2 Å². The summed E-state index contributed by atoms with van der Waals surface area (Å²) in [6.45, 7) is 2.31. The standard InChI is InChI=1S/C15H21BrN4/c1-18(2)13-6-4-5-12-14(16)17-15(20(12)13)11-7-9-19(3)10-8-11/h4-6,11H,7-10H2,1-3H3. The summed E-state index contributed by atoms with van der Waals surface area (Å²) in [4.78, 5) is 9.37. The molecule has 0 amide bonds. The van der Waals surface area contributed by atoms with Gasteiger partial charge in [0.15, 0.2) is 0 Å². The molecule has 20 heavy (non-hydrogen) atoms. The minimum atomic E-state index is 0.547. The smallest absolute Gasteiger partial charge is 0.132 e. The van der Waals surface area contributed by atoms with Crippen molar-refractivity contribution >= 4 is 27.3 Å². The van der Waals surface area contributed by atoms with Crippen LogP contribution < -0.4 is 4.90 Å². The van der Waals surface area contributed by atoms with Gasteiger partial charge in [-0.1, -0.05) is 6.07 Å². The molecule has 0 aliphatic carbocycles. The molecule has 5 heteroatoms. The van der Waals surface area contributed by atoms with Crippen LogP contribution in [0.25, 0.3) is 5.52 Å². The Morgan fingerprint density at radius 2 is 1.95 bits per heavy atom. The number of anilines is 1. The Bertz CT molecular complexity index is 612. The molecule has 1 aliphatic heterocycles. The van der Waals surface area contributed by atoms with Crippen molar-refractivity contribution in [3.05, 3.63) is 28.6 Å². The number of fused-ring (bicyclic) bond motifs is 1. The molecule has 0 unspecified atom stereocenters. The van der Waals surface area contributed by atoms with E-state index in [9.17, 15) is 0 Å². The summed E-state index contributed by atoms with van der Waals surface area (Å²) in [5.41, 5.74) is 1.16. The summed E-state index contributed by atoms with van der Waals surface area (Å²) in [5, 5.41) is 0. The Kier molecular flexibility index (Phi) is 3.73. The highest BCUT2D eigenvalue weighted by molar-refractivity contribution is 9.10. The van der Waals surface area contributed by atoms with E-state index in [0.29, 0.717) is 5.92 Å². The Labute approximate surface area is 128 Å². The van der Waals surface area contributed by atoms with Crippen LogP contribution in [0.1, 0.15) is 24.6 Å². The molecule has 2 aromatic heterocycles. The third-order valence-electron chi connectivity index (χ3n) is 4.16. The van der Waals surface area contributed by atoms with Crippen LogP contribution in [0.3, 0.4) is 0 Å². The van der Waals surface area contributed by atoms with Gasteiger partial charge in [0.25, 0.3) is 0 Å². The molecule has 0 atom stereocenters. The molecule has 2 aromatic rings. The van der Waals surface area contributed by atoms with Gasteiger partial charge >= 0.3 is 0 Å². The van der Waals surface area contributed by atoms with E-state index >= 15 is 0 Å². The average molecular weight is 337 g/mol. The second kappa shape index (κ2) is 5.37. The van der Waals surface area contributed by atoms with E-state index in [1.165, 1.54) is 24.5 Å². The largest absolute Gasteiger partial charge is 0.364 e. The van der Waals surface area contributed by atoms with E-state index in [2.05, 4.69) is 69.5 Å². The summed E-state index contributed by atoms with van der Waals surface area (Å²) >= 11 is 3.62. The predicted molar refractivity (Wildman–Crippen MR) is 86.7 cm³/mol. The van der Waals surface area contributed by atoms with Crippen molar-refractivity contribution in [2.45, 2.75) is 18.8 Å². The van der Waals surface area contributed by atoms with Gasteiger partial charge in [-0.25, -0.2) is 4.98 Å². The summed E-state index contributed by atoms with van der Waals surface area (Å²) in [7, 11) is 6.36. The second-order valence-electron chi connectivity index (χ2n) is 5.84. The van der Waals surface area contributed by atoms with E-state index in [1.807, 2.05) is 0 Å². The second-order valence-corrected chi connectivity index (χ2v) is 6.59. The van der Waals surface area contributed by atoms with Crippen LogP contribution in [0.2, 0.25) is 0 Å². The van der Waals surface area contributed by atoms with Gasteiger partial charge in [-0.2, -0.15) is 0 Å². The molecule has 0 saturated carbocycles. The van der Waals surface area contributed by atoms with Crippen molar-refractivity contribution in [2.24, 2.45) is 0 Å². The lowest BCUT2D eigenvalue weighted by atomic mass is 9.96. The van der Waals surface area contributed by atoms with Gasteiger partial charge in [-0.3, -0.25) is 4.40 Å². The number of piperidine rings is 1. The van der Waals surface area contributed by atoms with Crippen molar-refractivity contribution in [1.29, 1.82) is 0 Å². The van der Waals surface area contributed by atoms with Gasteiger partial charge in [0.2, 0.25) is 0 Å². The molecule has 1 fully saturated rings. The quantitative estimate of drug-likeness (QED) is 0.842. The van der Waals surface area contributed by atoms with Crippen molar-refractivity contribution in [3.8, 4) is 0 Å². The van der Waals surface area contributed by atoms with Gasteiger partial charge in [0.05, 0.1) is 5.52 Å². The summed E-state index contributed by atoms with van der Waals surface area (Å²) in [6, 6.07) is 6.37. The number of likely N-dealkylation sites (tertiary alicyclic amines) is 1. The number of nitrogens with zero attached hydrogens (tertiary/aromatic N) is 4. The Hall–Kier alpha value is -1.07. The first-order valence-corrected chi connectivity index (χ1v) is 7.90. The van der Waals surface area contributed by atoms with Crippen LogP contribution in [0, 0.1) is 0 Å². The monoisotopic (exact) mass is 336 g/mol. The lowest BCUT2D eigenvalue weighted by Crippen LogP contribution is -2.30. The first-order chi connectivity index (χ1) is 9.58. The molecule has 1 saturated heterocycles.